The summed E-state index contributed by atoms with van der Waals surface area (Å²) in [4.78, 5) is 29.1. The minimum atomic E-state index is -1.85. The molecule has 4 N–H and O–H groups in total. The number of epoxide rings is 1. The van der Waals surface area contributed by atoms with Gasteiger partial charge in [-0.25, -0.2) is 4.79 Å². The summed E-state index contributed by atoms with van der Waals surface area (Å²) in [5, 5.41) is 51.8. The Balaban J connectivity index is 1.37. The van der Waals surface area contributed by atoms with Gasteiger partial charge in [0.25, 0.3) is 0 Å². The second-order valence-electron chi connectivity index (χ2n) is 13.7. The van der Waals surface area contributed by atoms with Crippen LogP contribution in [-0.4, -0.2) is 78.9 Å². The van der Waals surface area contributed by atoms with E-state index in [2.05, 4.69) is 10.0 Å². The van der Waals surface area contributed by atoms with Crippen molar-refractivity contribution >= 4 is 11.8 Å². The van der Waals surface area contributed by atoms with Crippen molar-refractivity contribution in [3.8, 4) is 0 Å². The van der Waals surface area contributed by atoms with Gasteiger partial charge in [0.15, 0.2) is 0 Å². The van der Waals surface area contributed by atoms with Gasteiger partial charge in [0.2, 0.25) is 0 Å². The topological polar surface area (TPSA) is 186 Å². The number of hydrogen-bond acceptors (Lipinski definition) is 9. The Kier molecular flexibility index (Phi) is 5.46. The number of fused-ring (bicyclic) bond motifs is 4. The first-order valence-corrected chi connectivity index (χ1v) is 14.0. The summed E-state index contributed by atoms with van der Waals surface area (Å²) in [6, 6.07) is -0.903. The van der Waals surface area contributed by atoms with Crippen molar-refractivity contribution in [2.24, 2.45) is 27.8 Å². The van der Waals surface area contributed by atoms with Crippen LogP contribution in [0.15, 0.2) is 16.3 Å². The highest BCUT2D eigenvalue weighted by molar-refractivity contribution is 5.90. The maximum atomic E-state index is 13.7. The summed E-state index contributed by atoms with van der Waals surface area (Å²) in [6.07, 6.45) is -1.01. The van der Waals surface area contributed by atoms with Gasteiger partial charge in [-0.2, -0.15) is 0 Å². The summed E-state index contributed by atoms with van der Waals surface area (Å²) >= 11 is 0. The molecule has 4 saturated carbocycles. The van der Waals surface area contributed by atoms with Crippen LogP contribution in [0.4, 0.5) is 0 Å². The molecule has 0 aromatic heterocycles. The van der Waals surface area contributed by atoms with Crippen molar-refractivity contribution < 1.29 is 39.5 Å². The summed E-state index contributed by atoms with van der Waals surface area (Å²) in [7, 11) is 0. The van der Waals surface area contributed by atoms with Crippen molar-refractivity contribution in [3.63, 3.8) is 0 Å². The fourth-order valence-corrected chi connectivity index (χ4v) is 9.95. The Bertz CT molecular complexity index is 1250. The predicted molar refractivity (Wildman–Crippen MR) is 136 cm³/mol. The number of cyclic esters (lactones) is 1. The number of esters is 1. The van der Waals surface area contributed by atoms with E-state index in [9.17, 15) is 30.0 Å². The van der Waals surface area contributed by atoms with E-state index < -0.39 is 69.5 Å². The summed E-state index contributed by atoms with van der Waals surface area (Å²) in [5.41, 5.74) is 1.75. The number of ether oxygens (including phenoxy) is 2. The molecule has 6 rings (SSSR count). The smallest absolute Gasteiger partial charge is 0.334 e. The lowest BCUT2D eigenvalue weighted by molar-refractivity contribution is -0.284. The maximum absolute atomic E-state index is 13.7. The molecular weight excluding hydrogens is 506 g/mol. The Labute approximate surface area is 227 Å². The minimum absolute atomic E-state index is 0.0922. The second-order valence-corrected chi connectivity index (χ2v) is 13.7. The Hall–Kier alpha value is -2.01. The highest BCUT2D eigenvalue weighted by atomic mass is 16.6. The first-order valence-electron chi connectivity index (χ1n) is 14.0. The number of carbonyl (C=O) groups excluding carboxylic acids is 2. The van der Waals surface area contributed by atoms with E-state index in [0.717, 1.165) is 5.57 Å². The van der Waals surface area contributed by atoms with Crippen molar-refractivity contribution in [1.29, 1.82) is 0 Å². The van der Waals surface area contributed by atoms with Gasteiger partial charge in [0, 0.05) is 28.7 Å². The van der Waals surface area contributed by atoms with E-state index in [1.807, 2.05) is 13.8 Å². The normalized spacial score (nSPS) is 53.9. The largest absolute Gasteiger partial charge is 0.455 e. The van der Waals surface area contributed by atoms with Crippen LogP contribution in [0.3, 0.4) is 0 Å². The quantitative estimate of drug-likeness (QED) is 0.137. The zero-order valence-electron chi connectivity index (χ0n) is 23.2. The lowest BCUT2D eigenvalue weighted by Crippen LogP contribution is -2.74. The molecule has 0 amide bonds. The molecule has 0 radical (unpaired) electrons. The minimum Gasteiger partial charge on any atom is -0.455 e. The highest BCUT2D eigenvalue weighted by Gasteiger charge is 2.85. The molecule has 4 aliphatic carbocycles. The third-order valence-electron chi connectivity index (χ3n) is 12.7. The third kappa shape index (κ3) is 2.84. The van der Waals surface area contributed by atoms with Crippen LogP contribution in [-0.2, 0) is 19.1 Å². The number of rotatable bonds is 3. The molecule has 39 heavy (non-hydrogen) atoms. The van der Waals surface area contributed by atoms with Gasteiger partial charge in [0.1, 0.15) is 28.7 Å². The SMILES string of the molecule is CC1=C(C)C(=O)O[C@@H]([C@](C)(O)[C@]2(O)CC[C@@]3(O)[C@@H]4C[C@H]5O[C@]56[C@@H](O)C(N=[N+]=[N-])CC(=O)[C@]6(C)[C@H]4CC[C@]23C)C1. The molecule has 12 atom stereocenters. The van der Waals surface area contributed by atoms with Crippen LogP contribution in [0.2, 0.25) is 0 Å². The van der Waals surface area contributed by atoms with Crippen LogP contribution in [0.5, 0.6) is 0 Å². The van der Waals surface area contributed by atoms with Gasteiger partial charge >= 0.3 is 5.97 Å². The van der Waals surface area contributed by atoms with E-state index >= 15 is 0 Å². The molecule has 5 fully saturated rings. The molecule has 214 valence electrons. The lowest BCUT2D eigenvalue weighted by atomic mass is 9.41. The van der Waals surface area contributed by atoms with Gasteiger partial charge in [-0.3, -0.25) is 4.79 Å². The number of azide groups is 1. The van der Waals surface area contributed by atoms with Gasteiger partial charge in [0.05, 0.1) is 29.3 Å². The number of aliphatic hydroxyl groups is 4. The predicted octanol–water partition coefficient (Wildman–Crippen LogP) is 2.24. The van der Waals surface area contributed by atoms with Crippen LogP contribution in [0.25, 0.3) is 10.4 Å². The number of Topliss-reactive ketones (excluding diaryl/α,β-unsaturated/α-hetero) is 1. The number of hydrogen-bond donors (Lipinski definition) is 4. The van der Waals surface area contributed by atoms with Crippen LogP contribution in [0, 0.1) is 22.7 Å². The van der Waals surface area contributed by atoms with Crippen molar-refractivity contribution in [2.75, 3.05) is 0 Å². The summed E-state index contributed by atoms with van der Waals surface area (Å²) < 4.78 is 11.8. The van der Waals surface area contributed by atoms with Crippen molar-refractivity contribution in [2.45, 2.75) is 126 Å². The van der Waals surface area contributed by atoms with E-state index in [4.69, 9.17) is 15.0 Å². The van der Waals surface area contributed by atoms with Gasteiger partial charge in [-0.05, 0) is 77.2 Å². The first kappa shape index (κ1) is 27.2. The van der Waals surface area contributed by atoms with Gasteiger partial charge < -0.3 is 29.9 Å². The monoisotopic (exact) mass is 545 g/mol. The fourth-order valence-electron chi connectivity index (χ4n) is 9.95. The average molecular weight is 546 g/mol. The molecule has 11 heteroatoms. The number of aliphatic hydroxyl groups excluding tert-OH is 1. The van der Waals surface area contributed by atoms with E-state index in [-0.39, 0.29) is 37.4 Å². The molecule has 0 aromatic rings. The fraction of sp³-hybridized carbons (Fsp3) is 0.857. The standard InChI is InChI=1S/C28H39N3O8/c1-13-10-19(38-22(34)14(13)2)25(5,35)27(37)9-8-26(36)16-11-20-28(39-20)21(33)17(30-31-29)12-18(32)24(28,4)15(16)6-7-23(26,27)3/h15-17,19-21,33,35-37H,6-12H2,1-5H3/t15-,16+,17?,19+,20+,21-,23-,24-,25-,26+,27-,28-/m0/s1. The third-order valence-corrected chi connectivity index (χ3v) is 12.7. The molecule has 0 aromatic carbocycles. The molecule has 11 nitrogen and oxygen atoms in total. The maximum Gasteiger partial charge on any atom is 0.334 e. The average Bonchev–Trinajstić information content (AvgIpc) is 3.57. The van der Waals surface area contributed by atoms with E-state index in [1.165, 1.54) is 6.92 Å². The zero-order chi connectivity index (χ0) is 28.6. The van der Waals surface area contributed by atoms with Crippen molar-refractivity contribution in [3.05, 3.63) is 21.6 Å². The summed E-state index contributed by atoms with van der Waals surface area (Å²) in [6.45, 7) is 8.60. The van der Waals surface area contributed by atoms with E-state index in [1.54, 1.807) is 13.8 Å². The molecule has 2 aliphatic heterocycles. The molecule has 0 bridgehead atoms. The molecule has 6 aliphatic rings. The molecule has 1 saturated heterocycles. The highest BCUT2D eigenvalue weighted by Crippen LogP contribution is 2.75. The number of ketones is 1. The summed E-state index contributed by atoms with van der Waals surface area (Å²) in [5.74, 6) is -1.44. The van der Waals surface area contributed by atoms with Crippen LogP contribution >= 0.6 is 0 Å². The van der Waals surface area contributed by atoms with E-state index in [0.29, 0.717) is 24.8 Å². The van der Waals surface area contributed by atoms with Crippen molar-refractivity contribution in [1.82, 2.24) is 0 Å². The second kappa shape index (κ2) is 7.84. The Morgan fingerprint density at radius 1 is 1.10 bits per heavy atom. The lowest BCUT2D eigenvalue weighted by Gasteiger charge is -2.64. The number of nitrogens with zero attached hydrogens (tertiary/aromatic N) is 3. The number of carbonyl (C=O) groups is 2. The molecule has 1 spiro atoms. The molecule has 2 heterocycles. The van der Waals surface area contributed by atoms with Gasteiger partial charge in [-0.15, -0.1) is 0 Å². The van der Waals surface area contributed by atoms with Crippen LogP contribution < -0.4 is 0 Å². The Morgan fingerprint density at radius 2 is 1.79 bits per heavy atom. The van der Waals surface area contributed by atoms with Gasteiger partial charge in [-0.1, -0.05) is 17.6 Å². The van der Waals surface area contributed by atoms with Crippen LogP contribution in [0.1, 0.15) is 79.6 Å². The Morgan fingerprint density at radius 3 is 2.44 bits per heavy atom. The first-order chi connectivity index (χ1) is 18.1. The molecular formula is C28H39N3O8. The zero-order valence-corrected chi connectivity index (χ0v) is 23.2. The molecule has 1 unspecified atom stereocenters.